The van der Waals surface area contributed by atoms with Crippen LogP contribution in [-0.4, -0.2) is 40.0 Å². The van der Waals surface area contributed by atoms with E-state index in [2.05, 4.69) is 19.2 Å². The van der Waals surface area contributed by atoms with Crippen molar-refractivity contribution >= 4 is 17.9 Å². The van der Waals surface area contributed by atoms with Crippen molar-refractivity contribution in [2.75, 3.05) is 6.54 Å². The number of imide groups is 1. The highest BCUT2D eigenvalue weighted by molar-refractivity contribution is 6.08. The first-order valence-electron chi connectivity index (χ1n) is 7.20. The van der Waals surface area contributed by atoms with E-state index in [1.165, 1.54) is 0 Å². The molecule has 0 radical (unpaired) electrons. The van der Waals surface area contributed by atoms with Gasteiger partial charge in [0.2, 0.25) is 0 Å². The smallest absolute Gasteiger partial charge is 0.325 e. The SMILES string of the molecule is CC(C)CC1CCCC2(C1)NC(=O)N(CC(=O)O)C2=O. The zero-order valence-corrected chi connectivity index (χ0v) is 12.0. The van der Waals surface area contributed by atoms with Gasteiger partial charge in [-0.25, -0.2) is 4.79 Å². The van der Waals surface area contributed by atoms with Crippen molar-refractivity contribution in [1.29, 1.82) is 0 Å². The number of carboxylic acids is 1. The van der Waals surface area contributed by atoms with Gasteiger partial charge in [-0.05, 0) is 31.1 Å². The lowest BCUT2D eigenvalue weighted by atomic mass is 9.73. The van der Waals surface area contributed by atoms with E-state index in [0.717, 1.165) is 24.2 Å². The number of nitrogens with zero attached hydrogens (tertiary/aromatic N) is 1. The number of carbonyl (C=O) groups excluding carboxylic acids is 2. The summed E-state index contributed by atoms with van der Waals surface area (Å²) in [7, 11) is 0. The van der Waals surface area contributed by atoms with Crippen molar-refractivity contribution < 1.29 is 19.5 Å². The summed E-state index contributed by atoms with van der Waals surface area (Å²) in [5.41, 5.74) is -0.857. The number of nitrogens with one attached hydrogen (secondary N) is 1. The van der Waals surface area contributed by atoms with Gasteiger partial charge in [0.15, 0.2) is 0 Å². The molecule has 6 heteroatoms. The molecule has 1 heterocycles. The Kier molecular flexibility index (Phi) is 4.01. The van der Waals surface area contributed by atoms with Crippen LogP contribution in [-0.2, 0) is 9.59 Å². The number of amides is 3. The van der Waals surface area contributed by atoms with Crippen LogP contribution >= 0.6 is 0 Å². The third-order valence-corrected chi connectivity index (χ3v) is 4.20. The Morgan fingerprint density at radius 2 is 2.20 bits per heavy atom. The summed E-state index contributed by atoms with van der Waals surface area (Å²) >= 11 is 0. The lowest BCUT2D eigenvalue weighted by Crippen LogP contribution is -2.50. The average Bonchev–Trinajstić information content (AvgIpc) is 2.53. The van der Waals surface area contributed by atoms with Crippen molar-refractivity contribution in [3.05, 3.63) is 0 Å². The molecular weight excluding hydrogens is 260 g/mol. The van der Waals surface area contributed by atoms with Crippen LogP contribution in [0.3, 0.4) is 0 Å². The van der Waals surface area contributed by atoms with Gasteiger partial charge < -0.3 is 10.4 Å². The van der Waals surface area contributed by atoms with Gasteiger partial charge in [0.1, 0.15) is 12.1 Å². The van der Waals surface area contributed by atoms with Gasteiger partial charge in [-0.15, -0.1) is 0 Å². The van der Waals surface area contributed by atoms with E-state index in [0.29, 0.717) is 24.7 Å². The molecule has 0 aromatic rings. The fourth-order valence-electron chi connectivity index (χ4n) is 3.52. The van der Waals surface area contributed by atoms with E-state index in [1.807, 2.05) is 0 Å². The van der Waals surface area contributed by atoms with Gasteiger partial charge in [0.25, 0.3) is 5.91 Å². The molecule has 2 unspecified atom stereocenters. The van der Waals surface area contributed by atoms with Crippen LogP contribution in [0.15, 0.2) is 0 Å². The van der Waals surface area contributed by atoms with Gasteiger partial charge in [0, 0.05) is 0 Å². The Bertz CT molecular complexity index is 435. The topological polar surface area (TPSA) is 86.7 Å². The molecule has 20 heavy (non-hydrogen) atoms. The molecule has 0 bridgehead atoms. The molecular formula is C14H22N2O4. The highest BCUT2D eigenvalue weighted by atomic mass is 16.4. The van der Waals surface area contributed by atoms with Crippen LogP contribution in [0.25, 0.3) is 0 Å². The molecule has 2 rings (SSSR count). The highest BCUT2D eigenvalue weighted by Crippen LogP contribution is 2.39. The Morgan fingerprint density at radius 3 is 2.80 bits per heavy atom. The second-order valence-electron chi connectivity index (χ2n) is 6.39. The van der Waals surface area contributed by atoms with Crippen molar-refractivity contribution in [3.63, 3.8) is 0 Å². The first-order chi connectivity index (χ1) is 9.34. The minimum atomic E-state index is -1.17. The predicted octanol–water partition coefficient (Wildman–Crippen LogP) is 1.60. The number of urea groups is 1. The first kappa shape index (κ1) is 14.8. The summed E-state index contributed by atoms with van der Waals surface area (Å²) in [6.07, 6.45) is 4.24. The molecule has 1 saturated carbocycles. The second-order valence-corrected chi connectivity index (χ2v) is 6.39. The molecule has 2 N–H and O–H groups in total. The molecule has 1 spiro atoms. The molecule has 2 aliphatic rings. The van der Waals surface area contributed by atoms with Crippen molar-refractivity contribution in [3.8, 4) is 0 Å². The monoisotopic (exact) mass is 282 g/mol. The summed E-state index contributed by atoms with van der Waals surface area (Å²) in [6.45, 7) is 3.74. The summed E-state index contributed by atoms with van der Waals surface area (Å²) in [5.74, 6) is -0.561. The number of rotatable bonds is 4. The minimum absolute atomic E-state index is 0.363. The van der Waals surface area contributed by atoms with Crippen LogP contribution in [0.2, 0.25) is 0 Å². The second kappa shape index (κ2) is 5.42. The number of hydrogen-bond acceptors (Lipinski definition) is 3. The number of hydrogen-bond donors (Lipinski definition) is 2. The summed E-state index contributed by atoms with van der Waals surface area (Å²) < 4.78 is 0. The molecule has 1 saturated heterocycles. The first-order valence-corrected chi connectivity index (χ1v) is 7.20. The third kappa shape index (κ3) is 2.78. The molecule has 1 aliphatic heterocycles. The van der Waals surface area contributed by atoms with E-state index in [1.54, 1.807) is 0 Å². The van der Waals surface area contributed by atoms with Crippen molar-refractivity contribution in [2.24, 2.45) is 11.8 Å². The molecule has 0 aromatic carbocycles. The van der Waals surface area contributed by atoms with Crippen molar-refractivity contribution in [2.45, 2.75) is 51.5 Å². The van der Waals surface area contributed by atoms with Gasteiger partial charge in [-0.2, -0.15) is 0 Å². The number of aliphatic carboxylic acids is 1. The Morgan fingerprint density at radius 1 is 1.50 bits per heavy atom. The zero-order valence-electron chi connectivity index (χ0n) is 12.0. The summed E-state index contributed by atoms with van der Waals surface area (Å²) in [4.78, 5) is 35.9. The molecule has 1 aliphatic carbocycles. The molecule has 112 valence electrons. The molecule has 0 aromatic heterocycles. The van der Waals surface area contributed by atoms with E-state index in [9.17, 15) is 14.4 Å². The largest absolute Gasteiger partial charge is 0.480 e. The van der Waals surface area contributed by atoms with Crippen LogP contribution < -0.4 is 5.32 Å². The van der Waals surface area contributed by atoms with Gasteiger partial charge in [-0.3, -0.25) is 14.5 Å². The van der Waals surface area contributed by atoms with Gasteiger partial charge in [0.05, 0.1) is 0 Å². The molecule has 2 fully saturated rings. The standard InChI is InChI=1S/C14H22N2O4/c1-9(2)6-10-4-3-5-14(7-10)12(19)16(8-11(17)18)13(20)15-14/h9-10H,3-8H2,1-2H3,(H,15,20)(H,17,18). The van der Waals surface area contributed by atoms with Crippen LogP contribution in [0.5, 0.6) is 0 Å². The zero-order chi connectivity index (χ0) is 14.9. The van der Waals surface area contributed by atoms with Crippen LogP contribution in [0, 0.1) is 11.8 Å². The van der Waals surface area contributed by atoms with E-state index in [-0.39, 0.29) is 5.91 Å². The predicted molar refractivity (Wildman–Crippen MR) is 72.0 cm³/mol. The maximum absolute atomic E-state index is 12.4. The molecule has 6 nitrogen and oxygen atoms in total. The van der Waals surface area contributed by atoms with E-state index < -0.39 is 24.1 Å². The van der Waals surface area contributed by atoms with Crippen LogP contribution in [0.1, 0.15) is 46.0 Å². The fraction of sp³-hybridized carbons (Fsp3) is 0.786. The quantitative estimate of drug-likeness (QED) is 0.767. The molecule has 2 atom stereocenters. The number of carboxylic acid groups (broad SMARTS) is 1. The Hall–Kier alpha value is -1.59. The Labute approximate surface area is 118 Å². The lowest BCUT2D eigenvalue weighted by molar-refractivity contribution is -0.143. The highest BCUT2D eigenvalue weighted by Gasteiger charge is 2.53. The average molecular weight is 282 g/mol. The maximum atomic E-state index is 12.4. The minimum Gasteiger partial charge on any atom is -0.480 e. The summed E-state index contributed by atoms with van der Waals surface area (Å²) in [6, 6.07) is -0.567. The normalized spacial score (nSPS) is 30.1. The van der Waals surface area contributed by atoms with E-state index >= 15 is 0 Å². The fourth-order valence-corrected chi connectivity index (χ4v) is 3.52. The summed E-state index contributed by atoms with van der Waals surface area (Å²) in [5, 5.41) is 11.5. The lowest BCUT2D eigenvalue weighted by Gasteiger charge is -2.36. The third-order valence-electron chi connectivity index (χ3n) is 4.20. The van der Waals surface area contributed by atoms with Crippen molar-refractivity contribution in [1.82, 2.24) is 10.2 Å². The van der Waals surface area contributed by atoms with Crippen LogP contribution in [0.4, 0.5) is 4.79 Å². The Balaban J connectivity index is 2.12. The maximum Gasteiger partial charge on any atom is 0.325 e. The van der Waals surface area contributed by atoms with Gasteiger partial charge in [-0.1, -0.05) is 26.7 Å². The van der Waals surface area contributed by atoms with Gasteiger partial charge >= 0.3 is 12.0 Å². The molecule has 3 amide bonds. The van der Waals surface area contributed by atoms with E-state index in [4.69, 9.17) is 5.11 Å². The number of carbonyl (C=O) groups is 3.